The zero-order chi connectivity index (χ0) is 9.97. The standard InChI is InChI=1S/C11H13NO2/c13-8-9-6-11(14)12(7-9)10-4-2-1-3-5-10/h1-5,9,13H,6-8H2/t9-/m0/s1. The molecule has 3 heteroatoms. The lowest BCUT2D eigenvalue weighted by Gasteiger charge is -2.15. The lowest BCUT2D eigenvalue weighted by Crippen LogP contribution is -2.24. The maximum atomic E-state index is 11.6. The highest BCUT2D eigenvalue weighted by Crippen LogP contribution is 2.23. The second kappa shape index (κ2) is 3.80. The monoisotopic (exact) mass is 191 g/mol. The van der Waals surface area contributed by atoms with E-state index in [1.807, 2.05) is 30.3 Å². The van der Waals surface area contributed by atoms with Gasteiger partial charge in [-0.05, 0) is 12.1 Å². The molecule has 1 saturated heterocycles. The molecule has 1 heterocycles. The summed E-state index contributed by atoms with van der Waals surface area (Å²) in [5.41, 5.74) is 0.924. The smallest absolute Gasteiger partial charge is 0.227 e. The molecule has 1 aliphatic heterocycles. The van der Waals surface area contributed by atoms with Crippen molar-refractivity contribution in [1.82, 2.24) is 0 Å². The van der Waals surface area contributed by atoms with Crippen molar-refractivity contribution in [2.75, 3.05) is 18.1 Å². The Hall–Kier alpha value is -1.35. The lowest BCUT2D eigenvalue weighted by molar-refractivity contribution is -0.117. The number of hydrogen-bond donors (Lipinski definition) is 1. The van der Waals surface area contributed by atoms with Crippen LogP contribution in [0.5, 0.6) is 0 Å². The average Bonchev–Trinajstić information content (AvgIpc) is 2.61. The number of carbonyl (C=O) groups is 1. The highest BCUT2D eigenvalue weighted by molar-refractivity contribution is 5.95. The molecule has 0 unspecified atom stereocenters. The quantitative estimate of drug-likeness (QED) is 0.758. The Balaban J connectivity index is 2.17. The number of anilines is 1. The van der Waals surface area contributed by atoms with Gasteiger partial charge in [0.25, 0.3) is 0 Å². The first-order valence-corrected chi connectivity index (χ1v) is 4.77. The molecule has 1 aromatic rings. The number of aliphatic hydroxyl groups is 1. The van der Waals surface area contributed by atoms with Crippen LogP contribution in [-0.2, 0) is 4.79 Å². The molecule has 14 heavy (non-hydrogen) atoms. The van der Waals surface area contributed by atoms with Crippen molar-refractivity contribution >= 4 is 11.6 Å². The molecule has 3 nitrogen and oxygen atoms in total. The van der Waals surface area contributed by atoms with Gasteiger partial charge in [-0.15, -0.1) is 0 Å². The van der Waals surface area contributed by atoms with Gasteiger partial charge in [-0.2, -0.15) is 0 Å². The molecule has 1 N–H and O–H groups in total. The fraction of sp³-hybridized carbons (Fsp3) is 0.364. The largest absolute Gasteiger partial charge is 0.396 e. The van der Waals surface area contributed by atoms with Crippen molar-refractivity contribution in [2.24, 2.45) is 5.92 Å². The highest BCUT2D eigenvalue weighted by atomic mass is 16.3. The highest BCUT2D eigenvalue weighted by Gasteiger charge is 2.29. The van der Waals surface area contributed by atoms with E-state index < -0.39 is 0 Å². The molecule has 1 aromatic carbocycles. The Kier molecular flexibility index (Phi) is 2.50. The van der Waals surface area contributed by atoms with E-state index >= 15 is 0 Å². The van der Waals surface area contributed by atoms with Crippen molar-refractivity contribution in [3.63, 3.8) is 0 Å². The molecule has 1 fully saturated rings. The van der Waals surface area contributed by atoms with Gasteiger partial charge >= 0.3 is 0 Å². The molecule has 1 aliphatic rings. The topological polar surface area (TPSA) is 40.5 Å². The SMILES string of the molecule is O=C1C[C@H](CO)CN1c1ccccc1. The van der Waals surface area contributed by atoms with Crippen LogP contribution >= 0.6 is 0 Å². The third-order valence-corrected chi connectivity index (χ3v) is 2.53. The molecule has 1 atom stereocenters. The normalized spacial score (nSPS) is 21.6. The predicted molar refractivity (Wildman–Crippen MR) is 54.0 cm³/mol. The van der Waals surface area contributed by atoms with E-state index in [1.165, 1.54) is 0 Å². The van der Waals surface area contributed by atoms with Crippen LogP contribution in [0.25, 0.3) is 0 Å². The van der Waals surface area contributed by atoms with Gasteiger partial charge in [-0.25, -0.2) is 0 Å². The number of benzene rings is 1. The van der Waals surface area contributed by atoms with Crippen LogP contribution in [0.4, 0.5) is 5.69 Å². The summed E-state index contributed by atoms with van der Waals surface area (Å²) in [6.45, 7) is 0.731. The van der Waals surface area contributed by atoms with Crippen molar-refractivity contribution in [2.45, 2.75) is 6.42 Å². The minimum atomic E-state index is 0.0923. The summed E-state index contributed by atoms with van der Waals surface area (Å²) in [6, 6.07) is 9.58. The lowest BCUT2D eigenvalue weighted by atomic mass is 10.1. The van der Waals surface area contributed by atoms with E-state index in [9.17, 15) is 4.79 Å². The maximum absolute atomic E-state index is 11.6. The summed E-state index contributed by atoms with van der Waals surface area (Å²) < 4.78 is 0. The second-order valence-corrected chi connectivity index (χ2v) is 3.59. The predicted octanol–water partition coefficient (Wildman–Crippen LogP) is 1.03. The van der Waals surface area contributed by atoms with E-state index in [1.54, 1.807) is 4.90 Å². The molecular weight excluding hydrogens is 178 g/mol. The summed E-state index contributed by atoms with van der Waals surface area (Å²) in [6.07, 6.45) is 0.464. The molecule has 0 aromatic heterocycles. The molecule has 74 valence electrons. The van der Waals surface area contributed by atoms with E-state index in [0.29, 0.717) is 13.0 Å². The number of para-hydroxylation sites is 1. The van der Waals surface area contributed by atoms with Crippen molar-refractivity contribution in [3.8, 4) is 0 Å². The number of hydrogen-bond acceptors (Lipinski definition) is 2. The molecule has 0 bridgehead atoms. The molecule has 0 spiro atoms. The van der Waals surface area contributed by atoms with Crippen LogP contribution in [0, 0.1) is 5.92 Å². The Labute approximate surface area is 83.0 Å². The first-order chi connectivity index (χ1) is 6.81. The summed E-state index contributed by atoms with van der Waals surface area (Å²) in [4.78, 5) is 13.3. The van der Waals surface area contributed by atoms with Crippen LogP contribution in [0.3, 0.4) is 0 Å². The first kappa shape index (κ1) is 9.21. The maximum Gasteiger partial charge on any atom is 0.227 e. The number of amides is 1. The van der Waals surface area contributed by atoms with Gasteiger partial charge < -0.3 is 10.0 Å². The van der Waals surface area contributed by atoms with E-state index in [-0.39, 0.29) is 18.4 Å². The second-order valence-electron chi connectivity index (χ2n) is 3.59. The van der Waals surface area contributed by atoms with Gasteiger partial charge in [-0.3, -0.25) is 4.79 Å². The van der Waals surface area contributed by atoms with Crippen LogP contribution in [-0.4, -0.2) is 24.2 Å². The van der Waals surface area contributed by atoms with Crippen LogP contribution in [0.15, 0.2) is 30.3 Å². The third-order valence-electron chi connectivity index (χ3n) is 2.53. The van der Waals surface area contributed by atoms with E-state index in [0.717, 1.165) is 5.69 Å². The summed E-state index contributed by atoms with van der Waals surface area (Å²) in [5.74, 6) is 0.206. The zero-order valence-corrected chi connectivity index (χ0v) is 7.89. The minimum Gasteiger partial charge on any atom is -0.396 e. The van der Waals surface area contributed by atoms with Gasteiger partial charge in [0.15, 0.2) is 0 Å². The number of aliphatic hydroxyl groups excluding tert-OH is 1. The number of rotatable bonds is 2. The van der Waals surface area contributed by atoms with E-state index in [4.69, 9.17) is 5.11 Å². The van der Waals surface area contributed by atoms with Crippen LogP contribution < -0.4 is 4.90 Å². The van der Waals surface area contributed by atoms with Gasteiger partial charge in [-0.1, -0.05) is 18.2 Å². The molecule has 1 amide bonds. The fourth-order valence-electron chi connectivity index (χ4n) is 1.76. The molecular formula is C11H13NO2. The summed E-state index contributed by atoms with van der Waals surface area (Å²) >= 11 is 0. The molecule has 0 aliphatic carbocycles. The van der Waals surface area contributed by atoms with Crippen molar-refractivity contribution < 1.29 is 9.90 Å². The van der Waals surface area contributed by atoms with Crippen LogP contribution in [0.2, 0.25) is 0 Å². The third kappa shape index (κ3) is 1.63. The van der Waals surface area contributed by atoms with Gasteiger partial charge in [0.2, 0.25) is 5.91 Å². The summed E-state index contributed by atoms with van der Waals surface area (Å²) in [7, 11) is 0. The van der Waals surface area contributed by atoms with Gasteiger partial charge in [0.05, 0.1) is 0 Å². The Morgan fingerprint density at radius 2 is 2.07 bits per heavy atom. The Morgan fingerprint density at radius 3 is 2.64 bits per heavy atom. The summed E-state index contributed by atoms with van der Waals surface area (Å²) in [5, 5.41) is 8.97. The van der Waals surface area contributed by atoms with Crippen molar-refractivity contribution in [1.29, 1.82) is 0 Å². The molecule has 2 rings (SSSR count). The first-order valence-electron chi connectivity index (χ1n) is 4.77. The Morgan fingerprint density at radius 1 is 1.36 bits per heavy atom. The zero-order valence-electron chi connectivity index (χ0n) is 7.89. The fourth-order valence-corrected chi connectivity index (χ4v) is 1.76. The van der Waals surface area contributed by atoms with E-state index in [2.05, 4.69) is 0 Å². The van der Waals surface area contributed by atoms with Crippen LogP contribution in [0.1, 0.15) is 6.42 Å². The number of carbonyl (C=O) groups excluding carboxylic acids is 1. The van der Waals surface area contributed by atoms with Crippen molar-refractivity contribution in [3.05, 3.63) is 30.3 Å². The van der Waals surface area contributed by atoms with Gasteiger partial charge in [0.1, 0.15) is 0 Å². The average molecular weight is 191 g/mol. The van der Waals surface area contributed by atoms with Gasteiger partial charge in [0, 0.05) is 31.2 Å². The minimum absolute atomic E-state index is 0.0923. The molecule has 0 saturated carbocycles. The Bertz CT molecular complexity index is 323. The number of nitrogens with zero attached hydrogens (tertiary/aromatic N) is 1. The molecule has 0 radical (unpaired) electrons.